The van der Waals surface area contributed by atoms with Crippen LogP contribution in [0.4, 0.5) is 4.79 Å². The molecule has 8 N–H and O–H groups in total. The first kappa shape index (κ1) is 45.2. The summed E-state index contributed by atoms with van der Waals surface area (Å²) >= 11 is 1.17. The number of alkyl carbamates (subject to hydrolysis) is 1. The molecule has 3 aromatic carbocycles. The Labute approximate surface area is 373 Å². The van der Waals surface area contributed by atoms with Gasteiger partial charge in [0.05, 0.1) is 48.5 Å². The number of Topliss-reactive ketones (excluding diaryl/α,β-unsaturated/α-hetero) is 1. The summed E-state index contributed by atoms with van der Waals surface area (Å²) in [4.78, 5) is 93.3. The molecule has 0 spiro atoms. The number of phenolic OH excluding ortho intramolecular Hbond substituents is 2. The fourth-order valence-electron chi connectivity index (χ4n) is 9.00. The topological polar surface area (TPSA) is 305 Å². The second-order valence-electron chi connectivity index (χ2n) is 16.2. The number of aliphatic carboxylic acids is 1. The molecule has 0 unspecified atom stereocenters. The Hall–Kier alpha value is -6.36. The van der Waals surface area contributed by atoms with Crippen LogP contribution in [0, 0.1) is 0 Å². The highest BCUT2D eigenvalue weighted by molar-refractivity contribution is 8.00. The monoisotopic (exact) mass is 917 g/mol. The number of carboxylic acid groups (broad SMARTS) is 1. The van der Waals surface area contributed by atoms with Crippen LogP contribution in [0.2, 0.25) is 0 Å². The number of carbonyl (C=O) groups is 7. The predicted molar refractivity (Wildman–Crippen MR) is 222 cm³/mol. The molecule has 0 saturated carbocycles. The van der Waals surface area contributed by atoms with Gasteiger partial charge in [-0.15, -0.1) is 11.8 Å². The molecule has 342 valence electrons. The van der Waals surface area contributed by atoms with Crippen molar-refractivity contribution in [3.63, 3.8) is 0 Å². The van der Waals surface area contributed by atoms with Gasteiger partial charge < -0.3 is 60.2 Å². The Morgan fingerprint density at radius 1 is 0.969 bits per heavy atom. The molecule has 2 fully saturated rings. The molecule has 5 aliphatic rings. The summed E-state index contributed by atoms with van der Waals surface area (Å²) in [5.74, 6) is -6.89. The number of carboxylic acids is 1. The summed E-state index contributed by atoms with van der Waals surface area (Å²) in [6.07, 6.45) is -8.20. The van der Waals surface area contributed by atoms with E-state index >= 15 is 0 Å². The normalized spacial score (nSPS) is 26.8. The number of aromatic hydroxyl groups is 2. The molecule has 2 saturated heterocycles. The molecule has 2 aliphatic carbocycles. The number of nitrogens with one attached hydrogen (secondary N) is 2. The van der Waals surface area contributed by atoms with E-state index in [0.29, 0.717) is 0 Å². The largest absolute Gasteiger partial charge is 0.507 e. The van der Waals surface area contributed by atoms with E-state index in [2.05, 4.69) is 10.6 Å². The van der Waals surface area contributed by atoms with Crippen molar-refractivity contribution in [2.45, 2.75) is 80.3 Å². The van der Waals surface area contributed by atoms with E-state index in [9.17, 15) is 64.2 Å². The number of carbonyl (C=O) groups excluding carboxylic acids is 6. The Bertz CT molecular complexity index is 2570. The maximum Gasteiger partial charge on any atom is 0.407 e. The number of hydrogen-bond acceptors (Lipinski definition) is 17. The van der Waals surface area contributed by atoms with Crippen LogP contribution >= 0.6 is 11.8 Å². The van der Waals surface area contributed by atoms with Crippen molar-refractivity contribution in [1.82, 2.24) is 15.5 Å². The van der Waals surface area contributed by atoms with E-state index in [4.69, 9.17) is 18.9 Å². The lowest BCUT2D eigenvalue weighted by Crippen LogP contribution is -2.70. The molecule has 65 heavy (non-hydrogen) atoms. The number of amides is 3. The minimum absolute atomic E-state index is 0.0159. The molecule has 3 aromatic rings. The molecule has 3 heterocycles. The highest BCUT2D eigenvalue weighted by Gasteiger charge is 2.55. The van der Waals surface area contributed by atoms with Gasteiger partial charge in [0.15, 0.2) is 17.9 Å². The summed E-state index contributed by atoms with van der Waals surface area (Å²) in [5.41, 5.74) is -4.05. The van der Waals surface area contributed by atoms with Crippen LogP contribution in [-0.4, -0.2) is 144 Å². The van der Waals surface area contributed by atoms with E-state index in [1.807, 2.05) is 0 Å². The second kappa shape index (κ2) is 17.6. The lowest BCUT2D eigenvalue weighted by atomic mass is 9.72. The smallest absolute Gasteiger partial charge is 0.407 e. The average molecular weight is 918 g/mol. The van der Waals surface area contributed by atoms with Crippen LogP contribution in [0.3, 0.4) is 0 Å². The molecule has 0 aromatic heterocycles. The molecule has 21 heteroatoms. The zero-order valence-electron chi connectivity index (χ0n) is 34.6. The Balaban J connectivity index is 0.984. The molecular formula is C44H43N3O17S. The minimum Gasteiger partial charge on any atom is -0.507 e. The Morgan fingerprint density at radius 2 is 1.69 bits per heavy atom. The number of methoxy groups -OCH3 is 1. The number of thioether (sulfide) groups is 1. The number of aliphatic hydroxyl groups is 3. The van der Waals surface area contributed by atoms with Crippen molar-refractivity contribution in [1.29, 1.82) is 0 Å². The van der Waals surface area contributed by atoms with Gasteiger partial charge in [-0.1, -0.05) is 42.5 Å². The zero-order chi connectivity index (χ0) is 46.6. The van der Waals surface area contributed by atoms with Gasteiger partial charge in [-0.05, 0) is 18.6 Å². The standard InChI is InChI=1S/C44H43N3O17S/c1-18-35(51)23(45-43(59)62-16-20-17-65-41-33(40(56)47(41)34(20)42(57)58)46-27(50)11-19-7-4-3-5-8-19)12-28(63-18)64-25-14-44(60,26(49)15-48)13-22-30(25)39(55)32-31(37(22)53)36(52)21-9-6-10-24(61-2)29(21)38(32)54/h3-10,18,23,25,28,33,35,41,48,51,53,55,60H,11-17H2,1-2H3,(H,45,59)(H,46,50)(H,57,58)/t18-,23-,25-,28-,33+,35+,41+,44-/m0/s1. The molecule has 8 rings (SSSR count). The highest BCUT2D eigenvalue weighted by Crippen LogP contribution is 2.52. The van der Waals surface area contributed by atoms with Crippen LogP contribution in [0.5, 0.6) is 17.2 Å². The Morgan fingerprint density at radius 3 is 2.38 bits per heavy atom. The SMILES string of the molecule is COc1cccc2c1C(=O)c1c(O)c3c(c(O)c1C2=O)C[C@@](O)(C(=O)CO)C[C@@H]3O[C@H]1C[C@H](NC(=O)OCC2=C(C(=O)O)N3C(=O)[C@@H](NC(=O)Cc4ccccc4)[C@H]3SC2)[C@H](O)[C@H](C)O1. The first-order chi connectivity index (χ1) is 31.0. The number of ether oxygens (including phenoxy) is 4. The van der Waals surface area contributed by atoms with Crippen molar-refractivity contribution in [3.05, 3.63) is 98.7 Å². The minimum atomic E-state index is -2.42. The third kappa shape index (κ3) is 7.97. The summed E-state index contributed by atoms with van der Waals surface area (Å²) in [5, 5.41) is 70.5. The van der Waals surface area contributed by atoms with Crippen molar-refractivity contribution in [2.75, 3.05) is 26.1 Å². The molecule has 0 radical (unpaired) electrons. The van der Waals surface area contributed by atoms with Gasteiger partial charge in [-0.25, -0.2) is 9.59 Å². The van der Waals surface area contributed by atoms with Crippen molar-refractivity contribution >= 4 is 53.0 Å². The first-order valence-corrected chi connectivity index (χ1v) is 21.4. The van der Waals surface area contributed by atoms with E-state index < -0.39 is 143 Å². The number of nitrogens with zero attached hydrogens (tertiary/aromatic N) is 1. The summed E-state index contributed by atoms with van der Waals surface area (Å²) < 4.78 is 22.8. The van der Waals surface area contributed by atoms with E-state index in [1.165, 1.54) is 44.0 Å². The number of benzene rings is 3. The number of phenols is 2. The van der Waals surface area contributed by atoms with E-state index in [1.54, 1.807) is 30.3 Å². The van der Waals surface area contributed by atoms with Gasteiger partial charge in [0.2, 0.25) is 11.7 Å². The van der Waals surface area contributed by atoms with Crippen molar-refractivity contribution in [3.8, 4) is 17.2 Å². The average Bonchev–Trinajstić information content (AvgIpc) is 3.28. The fourth-order valence-corrected chi connectivity index (χ4v) is 10.3. The van der Waals surface area contributed by atoms with Crippen LogP contribution in [0.15, 0.2) is 59.8 Å². The zero-order valence-corrected chi connectivity index (χ0v) is 35.5. The highest BCUT2D eigenvalue weighted by atomic mass is 32.2. The van der Waals surface area contributed by atoms with Gasteiger partial charge in [0.25, 0.3) is 5.91 Å². The fraction of sp³-hybridized carbons (Fsp3) is 0.386. The van der Waals surface area contributed by atoms with Gasteiger partial charge in [-0.3, -0.25) is 28.9 Å². The summed E-state index contributed by atoms with van der Waals surface area (Å²) in [7, 11) is 1.28. The number of hydrogen-bond donors (Lipinski definition) is 8. The second-order valence-corrected chi connectivity index (χ2v) is 17.3. The molecule has 8 atom stereocenters. The van der Waals surface area contributed by atoms with Crippen LogP contribution in [0.1, 0.15) is 74.4 Å². The van der Waals surface area contributed by atoms with Crippen LogP contribution < -0.4 is 15.4 Å². The number of aliphatic hydroxyl groups excluding tert-OH is 2. The molecule has 20 nitrogen and oxygen atoms in total. The van der Waals surface area contributed by atoms with Gasteiger partial charge in [-0.2, -0.15) is 0 Å². The lowest BCUT2D eigenvalue weighted by Gasteiger charge is -2.49. The van der Waals surface area contributed by atoms with Gasteiger partial charge in [0.1, 0.15) is 59.3 Å². The third-order valence-corrected chi connectivity index (χ3v) is 13.6. The number of fused-ring (bicyclic) bond motifs is 4. The molecule has 3 amide bonds. The van der Waals surface area contributed by atoms with Crippen molar-refractivity contribution < 1.29 is 83.1 Å². The van der Waals surface area contributed by atoms with Gasteiger partial charge >= 0.3 is 12.1 Å². The maximum atomic E-state index is 14.0. The van der Waals surface area contributed by atoms with Gasteiger partial charge in [0, 0.05) is 47.3 Å². The summed E-state index contributed by atoms with van der Waals surface area (Å²) in [6, 6.07) is 10.9. The Kier molecular flexibility index (Phi) is 12.2. The third-order valence-electron chi connectivity index (χ3n) is 12.2. The molecular weight excluding hydrogens is 875 g/mol. The molecule has 3 aliphatic heterocycles. The van der Waals surface area contributed by atoms with Crippen molar-refractivity contribution in [2.24, 2.45) is 0 Å². The predicted octanol–water partition coefficient (Wildman–Crippen LogP) is 0.750. The van der Waals surface area contributed by atoms with Crippen LogP contribution in [-0.2, 0) is 46.2 Å². The number of β-lactam (4-membered cyclic amide) rings is 1. The first-order valence-electron chi connectivity index (χ1n) is 20.4. The quantitative estimate of drug-likeness (QED) is 0.0718. The van der Waals surface area contributed by atoms with Crippen LogP contribution in [0.25, 0.3) is 0 Å². The molecule has 0 bridgehead atoms. The summed E-state index contributed by atoms with van der Waals surface area (Å²) in [6.45, 7) is -0.265. The maximum absolute atomic E-state index is 14.0. The lowest BCUT2D eigenvalue weighted by molar-refractivity contribution is -0.249. The number of ketones is 3. The van der Waals surface area contributed by atoms with E-state index in [-0.39, 0.29) is 52.2 Å². The van der Waals surface area contributed by atoms with E-state index in [0.717, 1.165) is 10.5 Å². The number of rotatable bonds is 12.